The molecule has 0 amide bonds. The summed E-state index contributed by atoms with van der Waals surface area (Å²) in [6.45, 7) is 6.60. The number of fused-ring (bicyclic) bond motifs is 8. The minimum atomic E-state index is 0.540. The summed E-state index contributed by atoms with van der Waals surface area (Å²) >= 11 is 0. The third-order valence-corrected chi connectivity index (χ3v) is 12.0. The lowest BCUT2D eigenvalue weighted by molar-refractivity contribution is 0.441. The van der Waals surface area contributed by atoms with Crippen molar-refractivity contribution < 1.29 is 4.74 Å². The maximum atomic E-state index is 6.61. The van der Waals surface area contributed by atoms with Gasteiger partial charge in [-0.25, -0.2) is 0 Å². The Kier molecular flexibility index (Phi) is 8.27. The lowest BCUT2D eigenvalue weighted by atomic mass is 9.91. The highest BCUT2D eigenvalue weighted by Gasteiger charge is 2.43. The lowest BCUT2D eigenvalue weighted by Crippen LogP contribution is -2.04. The second-order valence-corrected chi connectivity index (χ2v) is 15.7. The Morgan fingerprint density at radius 3 is 2.66 bits per heavy atom. The largest absolute Gasteiger partial charge is 0.448 e. The van der Waals surface area contributed by atoms with Crippen LogP contribution in [0.15, 0.2) is 156 Å². The molecule has 5 heteroatoms. The minimum absolute atomic E-state index is 0.540. The number of allylic oxidation sites excluding steroid dienone is 13. The molecule has 3 heterocycles. The zero-order valence-corrected chi connectivity index (χ0v) is 31.6. The van der Waals surface area contributed by atoms with E-state index in [0.29, 0.717) is 29.4 Å². The van der Waals surface area contributed by atoms with Crippen molar-refractivity contribution in [2.24, 2.45) is 34.2 Å². The molecule has 4 aliphatic carbocycles. The van der Waals surface area contributed by atoms with E-state index in [1.54, 1.807) is 12.3 Å². The number of aliphatic imine (C=N–C) groups is 1. The molecule has 2 aliphatic heterocycles. The Bertz CT molecular complexity index is 2730. The van der Waals surface area contributed by atoms with Gasteiger partial charge in [0.15, 0.2) is 5.76 Å². The van der Waals surface area contributed by atoms with Gasteiger partial charge in [0, 0.05) is 34.2 Å². The van der Waals surface area contributed by atoms with Crippen LogP contribution >= 0.6 is 0 Å². The van der Waals surface area contributed by atoms with Gasteiger partial charge in [0.05, 0.1) is 22.6 Å². The highest BCUT2D eigenvalue weighted by molar-refractivity contribution is 6.00. The van der Waals surface area contributed by atoms with Crippen LogP contribution in [0.1, 0.15) is 65.6 Å². The molecule has 4 aromatic rings. The summed E-state index contributed by atoms with van der Waals surface area (Å²) in [4.78, 5) is 4.91. The maximum Gasteiger partial charge on any atom is 0.170 e. The Morgan fingerprint density at radius 1 is 0.946 bits per heavy atom. The predicted octanol–water partition coefficient (Wildman–Crippen LogP) is 11.3. The van der Waals surface area contributed by atoms with E-state index in [1.807, 2.05) is 24.3 Å². The van der Waals surface area contributed by atoms with E-state index >= 15 is 0 Å². The van der Waals surface area contributed by atoms with E-state index in [4.69, 9.17) is 21.2 Å². The zero-order chi connectivity index (χ0) is 37.9. The third-order valence-electron chi connectivity index (χ3n) is 12.0. The summed E-state index contributed by atoms with van der Waals surface area (Å²) < 4.78 is 9.09. The van der Waals surface area contributed by atoms with Crippen LogP contribution in [-0.2, 0) is 6.42 Å². The molecular weight excluding hydrogens is 685 g/mol. The zero-order valence-electron chi connectivity index (χ0n) is 31.6. The van der Waals surface area contributed by atoms with Crippen molar-refractivity contribution in [2.45, 2.75) is 38.5 Å². The van der Waals surface area contributed by atoms with E-state index in [-0.39, 0.29) is 0 Å². The SMILES string of the molecule is C=C(/C=C\C=C/N)c1cc2c(cc1CC/C=C\C=C/N)C1=C=C(C=C(C)C(n3c4c(c5cc(-c6ccccc6C6=CC7CC7C=N6)ccc53)C3CC3C=C4)=C1)O2. The molecule has 3 aromatic carbocycles. The number of ether oxygens (including phenoxy) is 1. The summed E-state index contributed by atoms with van der Waals surface area (Å²) in [7, 11) is 0. The van der Waals surface area contributed by atoms with E-state index < -0.39 is 0 Å². The van der Waals surface area contributed by atoms with Crippen LogP contribution in [0.25, 0.3) is 50.6 Å². The fourth-order valence-electron chi connectivity index (χ4n) is 8.94. The predicted molar refractivity (Wildman–Crippen MR) is 233 cm³/mol. The number of aromatic nitrogens is 1. The van der Waals surface area contributed by atoms with Crippen LogP contribution in [0.5, 0.6) is 5.75 Å². The van der Waals surface area contributed by atoms with Crippen LogP contribution in [0, 0.1) is 17.8 Å². The van der Waals surface area contributed by atoms with Crippen LogP contribution in [-0.4, -0.2) is 10.8 Å². The van der Waals surface area contributed by atoms with Gasteiger partial charge in [-0.1, -0.05) is 79.1 Å². The van der Waals surface area contributed by atoms with Gasteiger partial charge in [-0.05, 0) is 156 Å². The smallest absolute Gasteiger partial charge is 0.170 e. The van der Waals surface area contributed by atoms with Crippen molar-refractivity contribution in [3.8, 4) is 16.9 Å². The topological polar surface area (TPSA) is 78.6 Å². The first-order chi connectivity index (χ1) is 27.5. The molecule has 4 N–H and O–H groups in total. The summed E-state index contributed by atoms with van der Waals surface area (Å²) in [5.74, 6) is 3.93. The first-order valence-corrected chi connectivity index (χ1v) is 19.8. The average molecular weight is 729 g/mol. The van der Waals surface area contributed by atoms with Crippen molar-refractivity contribution >= 4 is 45.7 Å². The number of aryl methyl sites for hydroxylation is 1. The first kappa shape index (κ1) is 34.0. The van der Waals surface area contributed by atoms with Crippen molar-refractivity contribution in [1.29, 1.82) is 0 Å². The number of nitrogens with zero attached hydrogens (tertiary/aromatic N) is 2. The van der Waals surface area contributed by atoms with Crippen LogP contribution < -0.4 is 16.2 Å². The highest BCUT2D eigenvalue weighted by atomic mass is 16.5. The molecule has 56 heavy (non-hydrogen) atoms. The van der Waals surface area contributed by atoms with E-state index in [9.17, 15) is 0 Å². The monoisotopic (exact) mass is 728 g/mol. The van der Waals surface area contributed by atoms with Gasteiger partial charge in [-0.3, -0.25) is 4.99 Å². The molecule has 1 aromatic heterocycles. The molecule has 2 saturated carbocycles. The molecule has 5 nitrogen and oxygen atoms in total. The normalized spacial score (nSPS) is 22.6. The molecule has 4 unspecified atom stereocenters. The van der Waals surface area contributed by atoms with Gasteiger partial charge in [-0.2, -0.15) is 0 Å². The van der Waals surface area contributed by atoms with Gasteiger partial charge >= 0.3 is 0 Å². The number of hydrogen-bond donors (Lipinski definition) is 2. The average Bonchev–Trinajstić information content (AvgIpc) is 4.15. The fourth-order valence-corrected chi connectivity index (χ4v) is 8.94. The van der Waals surface area contributed by atoms with Gasteiger partial charge < -0.3 is 20.8 Å². The van der Waals surface area contributed by atoms with Crippen LogP contribution in [0.2, 0.25) is 0 Å². The fraction of sp³-hybridized carbons (Fsp3) is 0.176. The Hall–Kier alpha value is -6.55. The van der Waals surface area contributed by atoms with Gasteiger partial charge in [0.1, 0.15) is 5.75 Å². The number of rotatable bonds is 10. The molecule has 6 aliphatic rings. The summed E-state index contributed by atoms with van der Waals surface area (Å²) in [6.07, 6.45) is 32.6. The lowest BCUT2D eigenvalue weighted by Gasteiger charge is -2.19. The van der Waals surface area contributed by atoms with Gasteiger partial charge in [0.25, 0.3) is 0 Å². The summed E-state index contributed by atoms with van der Waals surface area (Å²) in [5.41, 5.74) is 31.0. The highest BCUT2D eigenvalue weighted by Crippen LogP contribution is 2.57. The molecule has 2 bridgehead atoms. The molecule has 0 saturated heterocycles. The number of benzene rings is 3. The van der Waals surface area contributed by atoms with Crippen LogP contribution in [0.4, 0.5) is 0 Å². The van der Waals surface area contributed by atoms with E-state index in [0.717, 1.165) is 57.8 Å². The van der Waals surface area contributed by atoms with Crippen molar-refractivity contribution in [3.63, 3.8) is 0 Å². The molecule has 10 rings (SSSR count). The maximum absolute atomic E-state index is 6.61. The second-order valence-electron chi connectivity index (χ2n) is 15.7. The molecule has 0 spiro atoms. The van der Waals surface area contributed by atoms with Gasteiger partial charge in [-0.15, -0.1) is 0 Å². The molecule has 0 radical (unpaired) electrons. The van der Waals surface area contributed by atoms with E-state index in [1.165, 1.54) is 63.5 Å². The van der Waals surface area contributed by atoms with Crippen molar-refractivity contribution in [3.05, 3.63) is 185 Å². The van der Waals surface area contributed by atoms with Crippen molar-refractivity contribution in [2.75, 3.05) is 0 Å². The van der Waals surface area contributed by atoms with E-state index in [2.05, 4.69) is 121 Å². The molecule has 2 fully saturated rings. The molecule has 4 atom stereocenters. The van der Waals surface area contributed by atoms with Crippen LogP contribution in [0.3, 0.4) is 0 Å². The molecule has 274 valence electrons. The quantitative estimate of drug-likeness (QED) is 0.126. The third kappa shape index (κ3) is 5.92. The Balaban J connectivity index is 1.09. The summed E-state index contributed by atoms with van der Waals surface area (Å²) in [5, 5.41) is 1.33. The Morgan fingerprint density at radius 2 is 1.80 bits per heavy atom. The standard InChI is InChI=1S/C51H44N4O/c1-31(11-8-10-20-53)42-29-50-43(24-33(42)12-5-3-4-9-19-52)37-23-39(56-50)21-32(2)49(28-37)55-47-17-15-34(26-45(47)51-44-25-35(44)16-18-48(51)55)40-13-6-7-14-41(40)46-27-36-22-38(36)30-54-46/h3-4,6-11,13-21,24,26-30,35-36,38,44H,1,5,12,22,25,52-53H2,2H3/b4-3-,11-8-,19-9-,20-10-. The molecular formula is C51H44N4O. The van der Waals surface area contributed by atoms with Gasteiger partial charge in [0.2, 0.25) is 0 Å². The Labute approximate surface area is 328 Å². The minimum Gasteiger partial charge on any atom is -0.448 e. The number of hydrogen-bond acceptors (Lipinski definition) is 4. The van der Waals surface area contributed by atoms with Crippen molar-refractivity contribution in [1.82, 2.24) is 4.57 Å². The second kappa shape index (κ2) is 13.6. The number of nitrogens with two attached hydrogens (primary N) is 2. The first-order valence-electron chi connectivity index (χ1n) is 19.8. The summed E-state index contributed by atoms with van der Waals surface area (Å²) in [6, 6.07) is 20.2.